The lowest BCUT2D eigenvalue weighted by Crippen LogP contribution is -2.34. The smallest absolute Gasteiger partial charge is 0.116 e. The minimum atomic E-state index is -0.00541. The van der Waals surface area contributed by atoms with Gasteiger partial charge in [-0.3, -0.25) is 4.98 Å². The summed E-state index contributed by atoms with van der Waals surface area (Å²) < 4.78 is 0. The van der Waals surface area contributed by atoms with Gasteiger partial charge < -0.3 is 15.5 Å². The molecule has 3 N–H and O–H groups in total. The predicted octanol–water partition coefficient (Wildman–Crippen LogP) is 3.02. The molecule has 1 atom stereocenters. The van der Waals surface area contributed by atoms with Crippen LogP contribution in [0.3, 0.4) is 0 Å². The van der Waals surface area contributed by atoms with Crippen LogP contribution in [0.25, 0.3) is 11.3 Å². The van der Waals surface area contributed by atoms with Crippen molar-refractivity contribution in [3.63, 3.8) is 0 Å². The number of pyridine rings is 1. The van der Waals surface area contributed by atoms with Gasteiger partial charge in [-0.25, -0.2) is 0 Å². The van der Waals surface area contributed by atoms with E-state index in [1.165, 1.54) is 19.3 Å². The van der Waals surface area contributed by atoms with Crippen LogP contribution in [0.15, 0.2) is 36.5 Å². The molecule has 0 aliphatic carbocycles. The van der Waals surface area contributed by atoms with Crippen LogP contribution < -0.4 is 5.32 Å². The van der Waals surface area contributed by atoms with Gasteiger partial charge in [0.15, 0.2) is 0 Å². The number of aromatic hydroxyl groups is 1. The first-order chi connectivity index (χ1) is 11.2. The number of aryl methyl sites for hydroxylation is 1. The largest absolute Gasteiger partial charge is 0.508 e. The van der Waals surface area contributed by atoms with Gasteiger partial charge in [-0.2, -0.15) is 0 Å². The van der Waals surface area contributed by atoms with Crippen molar-refractivity contribution in [1.29, 1.82) is 0 Å². The lowest BCUT2D eigenvalue weighted by molar-refractivity contribution is 0.282. The third-order valence-electron chi connectivity index (χ3n) is 4.47. The zero-order valence-corrected chi connectivity index (χ0v) is 13.3. The van der Waals surface area contributed by atoms with Crippen LogP contribution in [0.2, 0.25) is 0 Å². The molecule has 2 heterocycles. The third kappa shape index (κ3) is 4.30. The highest BCUT2D eigenvalue weighted by Gasteiger charge is 2.13. The van der Waals surface area contributed by atoms with E-state index in [1.807, 2.05) is 12.1 Å². The second-order valence-electron chi connectivity index (χ2n) is 6.28. The molecular formula is C19H24N2O2. The van der Waals surface area contributed by atoms with Gasteiger partial charge in [0.25, 0.3) is 0 Å². The van der Waals surface area contributed by atoms with Crippen molar-refractivity contribution in [2.45, 2.75) is 44.8 Å². The van der Waals surface area contributed by atoms with E-state index in [0.29, 0.717) is 6.04 Å². The molecule has 1 aromatic carbocycles. The lowest BCUT2D eigenvalue weighted by Gasteiger charge is -2.23. The van der Waals surface area contributed by atoms with E-state index in [-0.39, 0.29) is 12.4 Å². The second-order valence-corrected chi connectivity index (χ2v) is 6.28. The zero-order chi connectivity index (χ0) is 16.1. The monoisotopic (exact) mass is 312 g/mol. The first-order valence-electron chi connectivity index (χ1n) is 8.37. The summed E-state index contributed by atoms with van der Waals surface area (Å²) in [5.41, 5.74) is 3.63. The molecule has 0 unspecified atom stereocenters. The molecule has 1 aliphatic rings. The molecule has 0 saturated carbocycles. The first kappa shape index (κ1) is 16.0. The molecular weight excluding hydrogens is 288 g/mol. The van der Waals surface area contributed by atoms with Crippen molar-refractivity contribution in [3.05, 3.63) is 47.7 Å². The topological polar surface area (TPSA) is 65.4 Å². The Balaban J connectivity index is 1.75. The number of piperidine rings is 1. The normalized spacial score (nSPS) is 18.0. The average molecular weight is 312 g/mol. The number of nitrogens with one attached hydrogen (secondary N) is 1. The highest BCUT2D eigenvalue weighted by molar-refractivity contribution is 5.63. The maximum absolute atomic E-state index is 10.0. The quantitative estimate of drug-likeness (QED) is 0.794. The van der Waals surface area contributed by atoms with Crippen molar-refractivity contribution in [1.82, 2.24) is 10.3 Å². The van der Waals surface area contributed by atoms with Crippen molar-refractivity contribution in [2.24, 2.45) is 0 Å². The number of aliphatic hydroxyl groups is 1. The van der Waals surface area contributed by atoms with Crippen LogP contribution in [-0.4, -0.2) is 27.8 Å². The average Bonchev–Trinajstić information content (AvgIpc) is 2.60. The summed E-state index contributed by atoms with van der Waals surface area (Å²) in [6.07, 6.45) is 7.55. The summed E-state index contributed by atoms with van der Waals surface area (Å²) in [5, 5.41) is 22.9. The fraction of sp³-hybridized carbons (Fsp3) is 0.421. The van der Waals surface area contributed by atoms with E-state index < -0.39 is 0 Å². The number of aliphatic hydroxyl groups excluding tert-OH is 1. The molecule has 23 heavy (non-hydrogen) atoms. The fourth-order valence-electron chi connectivity index (χ4n) is 3.21. The SMILES string of the molecule is OCc1ccnc(-c2cc(O)cc(CC[C@H]3CCCCN3)c2)c1. The van der Waals surface area contributed by atoms with Gasteiger partial charge in [0, 0.05) is 17.8 Å². The molecule has 3 rings (SSSR count). The number of aromatic nitrogens is 1. The van der Waals surface area contributed by atoms with Crippen molar-refractivity contribution < 1.29 is 10.2 Å². The minimum absolute atomic E-state index is 0.00541. The van der Waals surface area contributed by atoms with Gasteiger partial charge in [0.05, 0.1) is 12.3 Å². The van der Waals surface area contributed by atoms with E-state index in [0.717, 1.165) is 41.8 Å². The summed E-state index contributed by atoms with van der Waals surface area (Å²) in [4.78, 5) is 4.36. The van der Waals surface area contributed by atoms with Crippen LogP contribution in [0.1, 0.15) is 36.8 Å². The molecule has 1 saturated heterocycles. The third-order valence-corrected chi connectivity index (χ3v) is 4.47. The molecule has 2 aromatic rings. The molecule has 4 nitrogen and oxygen atoms in total. The standard InChI is InChI=1S/C19H24N2O2/c22-13-15-6-8-21-19(11-15)16-9-14(10-18(23)12-16)4-5-17-3-1-2-7-20-17/h6,8-12,17,20,22-23H,1-5,7,13H2/t17-/m1/s1. The van der Waals surface area contributed by atoms with E-state index in [4.69, 9.17) is 0 Å². The van der Waals surface area contributed by atoms with Crippen LogP contribution >= 0.6 is 0 Å². The van der Waals surface area contributed by atoms with Crippen molar-refractivity contribution >= 4 is 0 Å². The Morgan fingerprint density at radius 3 is 2.83 bits per heavy atom. The molecule has 0 amide bonds. The lowest BCUT2D eigenvalue weighted by atomic mass is 9.96. The molecule has 1 aliphatic heterocycles. The van der Waals surface area contributed by atoms with Crippen molar-refractivity contribution in [2.75, 3.05) is 6.54 Å². The summed E-state index contributed by atoms with van der Waals surface area (Å²) in [7, 11) is 0. The minimum Gasteiger partial charge on any atom is -0.508 e. The molecule has 0 spiro atoms. The second kappa shape index (κ2) is 7.57. The Morgan fingerprint density at radius 2 is 2.04 bits per heavy atom. The molecule has 1 fully saturated rings. The molecule has 1 aromatic heterocycles. The van der Waals surface area contributed by atoms with Crippen LogP contribution in [0.5, 0.6) is 5.75 Å². The number of phenols is 1. The number of nitrogens with zero attached hydrogens (tertiary/aromatic N) is 1. The van der Waals surface area contributed by atoms with Crippen molar-refractivity contribution in [3.8, 4) is 17.0 Å². The number of hydrogen-bond donors (Lipinski definition) is 3. The zero-order valence-electron chi connectivity index (χ0n) is 13.3. The van der Waals surface area contributed by atoms with E-state index in [9.17, 15) is 10.2 Å². The maximum atomic E-state index is 10.0. The number of rotatable bonds is 5. The Kier molecular flexibility index (Phi) is 5.26. The first-order valence-corrected chi connectivity index (χ1v) is 8.37. The van der Waals surface area contributed by atoms with Crippen LogP contribution in [0.4, 0.5) is 0 Å². The van der Waals surface area contributed by atoms with Gasteiger partial charge >= 0.3 is 0 Å². The fourth-order valence-corrected chi connectivity index (χ4v) is 3.21. The van der Waals surface area contributed by atoms with Gasteiger partial charge in [-0.1, -0.05) is 6.42 Å². The molecule has 4 heteroatoms. The maximum Gasteiger partial charge on any atom is 0.116 e. The number of hydrogen-bond acceptors (Lipinski definition) is 4. The highest BCUT2D eigenvalue weighted by atomic mass is 16.3. The predicted molar refractivity (Wildman–Crippen MR) is 91.2 cm³/mol. The molecule has 0 bridgehead atoms. The summed E-state index contributed by atoms with van der Waals surface area (Å²) >= 11 is 0. The Morgan fingerprint density at radius 1 is 1.13 bits per heavy atom. The number of benzene rings is 1. The van der Waals surface area contributed by atoms with E-state index >= 15 is 0 Å². The highest BCUT2D eigenvalue weighted by Crippen LogP contribution is 2.26. The number of phenolic OH excluding ortho intramolecular Hbond substituents is 1. The van der Waals surface area contributed by atoms with Gasteiger partial charge in [0.1, 0.15) is 5.75 Å². The Labute approximate surface area is 137 Å². The van der Waals surface area contributed by atoms with E-state index in [2.05, 4.69) is 16.4 Å². The van der Waals surface area contributed by atoms with Gasteiger partial charge in [-0.15, -0.1) is 0 Å². The van der Waals surface area contributed by atoms with Gasteiger partial charge in [0.2, 0.25) is 0 Å². The summed E-state index contributed by atoms with van der Waals surface area (Å²) in [5.74, 6) is 0.269. The van der Waals surface area contributed by atoms with Gasteiger partial charge in [-0.05, 0) is 73.7 Å². The summed E-state index contributed by atoms with van der Waals surface area (Å²) in [6.45, 7) is 1.11. The van der Waals surface area contributed by atoms with Crippen LogP contribution in [-0.2, 0) is 13.0 Å². The van der Waals surface area contributed by atoms with Crippen LogP contribution in [0, 0.1) is 0 Å². The molecule has 0 radical (unpaired) electrons. The summed E-state index contributed by atoms with van der Waals surface area (Å²) in [6, 6.07) is 9.90. The van der Waals surface area contributed by atoms with E-state index in [1.54, 1.807) is 18.3 Å². The molecule has 122 valence electrons. The Hall–Kier alpha value is -1.91. The Bertz CT molecular complexity index is 652.